The standard InChI is InChI=1S/C12H15NO5/c1-7(11(13)14)18-12(15)9-6-8(16-2)4-5-10(9)17-3/h4-7H,1-3H3,(H2,13,14). The Kier molecular flexibility index (Phi) is 4.53. The molecule has 6 heteroatoms. The van der Waals surface area contributed by atoms with Crippen molar-refractivity contribution in [1.29, 1.82) is 0 Å². The molecule has 0 saturated carbocycles. The summed E-state index contributed by atoms with van der Waals surface area (Å²) in [6.07, 6.45) is -1.01. The van der Waals surface area contributed by atoms with Crippen LogP contribution < -0.4 is 15.2 Å². The second-order valence-corrected chi connectivity index (χ2v) is 3.52. The third-order valence-corrected chi connectivity index (χ3v) is 2.31. The summed E-state index contributed by atoms with van der Waals surface area (Å²) in [5.41, 5.74) is 5.19. The molecule has 1 aromatic rings. The smallest absolute Gasteiger partial charge is 0.342 e. The van der Waals surface area contributed by atoms with E-state index in [0.717, 1.165) is 0 Å². The molecule has 18 heavy (non-hydrogen) atoms. The number of hydrogen-bond donors (Lipinski definition) is 1. The van der Waals surface area contributed by atoms with Crippen molar-refractivity contribution in [2.75, 3.05) is 14.2 Å². The summed E-state index contributed by atoms with van der Waals surface area (Å²) in [6, 6.07) is 4.69. The first-order chi connectivity index (χ1) is 8.49. The number of carbonyl (C=O) groups excluding carboxylic acids is 2. The van der Waals surface area contributed by atoms with E-state index in [-0.39, 0.29) is 5.56 Å². The number of amides is 1. The molecule has 1 unspecified atom stereocenters. The van der Waals surface area contributed by atoms with E-state index in [9.17, 15) is 9.59 Å². The normalized spacial score (nSPS) is 11.5. The molecule has 0 radical (unpaired) electrons. The van der Waals surface area contributed by atoms with Crippen molar-refractivity contribution in [2.24, 2.45) is 5.73 Å². The second kappa shape index (κ2) is 5.90. The molecule has 0 spiro atoms. The Labute approximate surface area is 105 Å². The van der Waals surface area contributed by atoms with Crippen molar-refractivity contribution >= 4 is 11.9 Å². The lowest BCUT2D eigenvalue weighted by molar-refractivity contribution is -0.125. The van der Waals surface area contributed by atoms with Crippen LogP contribution in [0.1, 0.15) is 17.3 Å². The van der Waals surface area contributed by atoms with Gasteiger partial charge in [0, 0.05) is 0 Å². The van der Waals surface area contributed by atoms with Crippen LogP contribution in [0.2, 0.25) is 0 Å². The fourth-order valence-electron chi connectivity index (χ4n) is 1.26. The van der Waals surface area contributed by atoms with Gasteiger partial charge in [0.05, 0.1) is 14.2 Å². The lowest BCUT2D eigenvalue weighted by Crippen LogP contribution is -2.30. The van der Waals surface area contributed by atoms with E-state index in [0.29, 0.717) is 11.5 Å². The summed E-state index contributed by atoms with van der Waals surface area (Å²) in [4.78, 5) is 22.7. The van der Waals surface area contributed by atoms with Crippen LogP contribution in [0.3, 0.4) is 0 Å². The topological polar surface area (TPSA) is 87.8 Å². The van der Waals surface area contributed by atoms with Gasteiger partial charge in [0.15, 0.2) is 6.10 Å². The second-order valence-electron chi connectivity index (χ2n) is 3.52. The number of carbonyl (C=O) groups is 2. The summed E-state index contributed by atoms with van der Waals surface area (Å²) >= 11 is 0. The highest BCUT2D eigenvalue weighted by molar-refractivity contribution is 5.94. The lowest BCUT2D eigenvalue weighted by Gasteiger charge is -2.12. The molecule has 6 nitrogen and oxygen atoms in total. The number of methoxy groups -OCH3 is 2. The molecule has 0 aliphatic carbocycles. The van der Waals surface area contributed by atoms with Crippen LogP contribution in [-0.2, 0) is 9.53 Å². The third kappa shape index (κ3) is 3.13. The Morgan fingerprint density at radius 1 is 1.22 bits per heavy atom. The minimum atomic E-state index is -1.01. The molecule has 1 rings (SSSR count). The van der Waals surface area contributed by atoms with Gasteiger partial charge in [-0.25, -0.2) is 4.79 Å². The Morgan fingerprint density at radius 3 is 2.39 bits per heavy atom. The zero-order chi connectivity index (χ0) is 13.7. The summed E-state index contributed by atoms with van der Waals surface area (Å²) in [5.74, 6) is -0.603. The molecule has 0 saturated heterocycles. The predicted molar refractivity (Wildman–Crippen MR) is 63.6 cm³/mol. The molecule has 0 aliphatic rings. The van der Waals surface area contributed by atoms with Crippen molar-refractivity contribution in [3.8, 4) is 11.5 Å². The van der Waals surface area contributed by atoms with E-state index < -0.39 is 18.0 Å². The predicted octanol–water partition coefficient (Wildman–Crippen LogP) is 0.734. The average Bonchev–Trinajstić information content (AvgIpc) is 2.37. The molecule has 98 valence electrons. The fourth-order valence-corrected chi connectivity index (χ4v) is 1.26. The Balaban J connectivity index is 2.99. The number of rotatable bonds is 5. The minimum absolute atomic E-state index is 0.171. The first-order valence-corrected chi connectivity index (χ1v) is 5.22. The highest BCUT2D eigenvalue weighted by Gasteiger charge is 2.20. The van der Waals surface area contributed by atoms with E-state index in [4.69, 9.17) is 19.9 Å². The molecular weight excluding hydrogens is 238 g/mol. The third-order valence-electron chi connectivity index (χ3n) is 2.31. The van der Waals surface area contributed by atoms with Crippen molar-refractivity contribution in [2.45, 2.75) is 13.0 Å². The van der Waals surface area contributed by atoms with Gasteiger partial charge in [0.25, 0.3) is 5.91 Å². The van der Waals surface area contributed by atoms with Gasteiger partial charge in [-0.15, -0.1) is 0 Å². The van der Waals surface area contributed by atoms with Crippen molar-refractivity contribution < 1.29 is 23.8 Å². The van der Waals surface area contributed by atoms with E-state index in [1.807, 2.05) is 0 Å². The number of ether oxygens (including phenoxy) is 3. The molecule has 1 aromatic carbocycles. The Bertz CT molecular complexity index is 458. The minimum Gasteiger partial charge on any atom is -0.497 e. The highest BCUT2D eigenvalue weighted by Crippen LogP contribution is 2.24. The van der Waals surface area contributed by atoms with Crippen LogP contribution in [-0.4, -0.2) is 32.2 Å². The van der Waals surface area contributed by atoms with Gasteiger partial charge in [-0.3, -0.25) is 4.79 Å². The summed E-state index contributed by atoms with van der Waals surface area (Å²) in [6.45, 7) is 1.40. The molecule has 0 bridgehead atoms. The molecule has 0 aromatic heterocycles. The van der Waals surface area contributed by atoms with Crippen molar-refractivity contribution in [1.82, 2.24) is 0 Å². The number of primary amides is 1. The highest BCUT2D eigenvalue weighted by atomic mass is 16.5. The van der Waals surface area contributed by atoms with Gasteiger partial charge in [-0.05, 0) is 25.1 Å². The maximum Gasteiger partial charge on any atom is 0.342 e. The molecule has 2 N–H and O–H groups in total. The van der Waals surface area contributed by atoms with Crippen LogP contribution in [0.15, 0.2) is 18.2 Å². The van der Waals surface area contributed by atoms with Crippen LogP contribution in [0.4, 0.5) is 0 Å². The fraction of sp³-hybridized carbons (Fsp3) is 0.333. The zero-order valence-electron chi connectivity index (χ0n) is 10.4. The van der Waals surface area contributed by atoms with E-state index in [1.54, 1.807) is 12.1 Å². The summed E-state index contributed by atoms with van der Waals surface area (Å²) in [7, 11) is 2.90. The number of esters is 1. The summed E-state index contributed by atoms with van der Waals surface area (Å²) in [5, 5.41) is 0. The van der Waals surface area contributed by atoms with Crippen LogP contribution in [0.25, 0.3) is 0 Å². The number of benzene rings is 1. The number of nitrogens with two attached hydrogens (primary N) is 1. The zero-order valence-corrected chi connectivity index (χ0v) is 10.4. The monoisotopic (exact) mass is 253 g/mol. The first kappa shape index (κ1) is 13.8. The average molecular weight is 253 g/mol. The van der Waals surface area contributed by atoms with Crippen LogP contribution >= 0.6 is 0 Å². The quantitative estimate of drug-likeness (QED) is 0.782. The Hall–Kier alpha value is -2.24. The van der Waals surface area contributed by atoms with Crippen molar-refractivity contribution in [3.63, 3.8) is 0 Å². The maximum absolute atomic E-state index is 11.8. The van der Waals surface area contributed by atoms with Crippen LogP contribution in [0.5, 0.6) is 11.5 Å². The van der Waals surface area contributed by atoms with Crippen LogP contribution in [0, 0.1) is 0 Å². The number of hydrogen-bond acceptors (Lipinski definition) is 5. The van der Waals surface area contributed by atoms with E-state index in [1.165, 1.54) is 27.2 Å². The van der Waals surface area contributed by atoms with Gasteiger partial charge >= 0.3 is 5.97 Å². The molecule has 0 aliphatic heterocycles. The molecular formula is C12H15NO5. The lowest BCUT2D eigenvalue weighted by atomic mass is 10.2. The van der Waals surface area contributed by atoms with Crippen molar-refractivity contribution in [3.05, 3.63) is 23.8 Å². The van der Waals surface area contributed by atoms with Gasteiger partial charge in [-0.1, -0.05) is 0 Å². The SMILES string of the molecule is COc1ccc(OC)c(C(=O)OC(C)C(N)=O)c1. The van der Waals surface area contributed by atoms with Gasteiger partial charge in [-0.2, -0.15) is 0 Å². The molecule has 0 fully saturated rings. The van der Waals surface area contributed by atoms with Gasteiger partial charge in [0.1, 0.15) is 17.1 Å². The van der Waals surface area contributed by atoms with Gasteiger partial charge in [0.2, 0.25) is 0 Å². The summed E-state index contributed by atoms with van der Waals surface area (Å²) < 4.78 is 14.9. The Morgan fingerprint density at radius 2 is 1.89 bits per heavy atom. The largest absolute Gasteiger partial charge is 0.497 e. The maximum atomic E-state index is 11.8. The first-order valence-electron chi connectivity index (χ1n) is 5.22. The molecule has 1 amide bonds. The molecule has 0 heterocycles. The van der Waals surface area contributed by atoms with Gasteiger partial charge < -0.3 is 19.9 Å². The van der Waals surface area contributed by atoms with E-state index >= 15 is 0 Å². The van der Waals surface area contributed by atoms with E-state index in [2.05, 4.69) is 0 Å². The molecule has 1 atom stereocenters.